The molecule has 0 saturated heterocycles. The Morgan fingerprint density at radius 2 is 1.84 bits per heavy atom. The molecule has 0 spiro atoms. The minimum Gasteiger partial charge on any atom is -0.365 e. The fourth-order valence-electron chi connectivity index (χ4n) is 2.89. The molecule has 0 bridgehead atoms. The van der Waals surface area contributed by atoms with E-state index in [9.17, 15) is 4.79 Å². The number of pyridine rings is 1. The minimum atomic E-state index is -0.415. The van der Waals surface area contributed by atoms with Crippen LogP contribution in [0.4, 0.5) is 5.69 Å². The van der Waals surface area contributed by atoms with E-state index in [2.05, 4.69) is 35.2 Å². The van der Waals surface area contributed by atoms with Gasteiger partial charge in [0.05, 0.1) is 6.54 Å². The number of hydrogen-bond acceptors (Lipinski definition) is 2. The SMILES string of the molecule is NC(=O)c1ccc[n+](CCN(CCCl)c2ccc3ccccc3c2)c1. The Morgan fingerprint density at radius 1 is 1.04 bits per heavy atom. The molecule has 128 valence electrons. The van der Waals surface area contributed by atoms with Crippen molar-refractivity contribution in [2.45, 2.75) is 6.54 Å². The lowest BCUT2D eigenvalue weighted by Crippen LogP contribution is -2.41. The second-order valence-corrected chi connectivity index (χ2v) is 6.28. The summed E-state index contributed by atoms with van der Waals surface area (Å²) in [6.45, 7) is 2.29. The van der Waals surface area contributed by atoms with Gasteiger partial charge >= 0.3 is 0 Å². The lowest BCUT2D eigenvalue weighted by atomic mass is 10.1. The highest BCUT2D eigenvalue weighted by Crippen LogP contribution is 2.22. The summed E-state index contributed by atoms with van der Waals surface area (Å²) in [4.78, 5) is 13.6. The summed E-state index contributed by atoms with van der Waals surface area (Å²) in [6.07, 6.45) is 3.72. The third-order valence-electron chi connectivity index (χ3n) is 4.22. The van der Waals surface area contributed by atoms with E-state index < -0.39 is 5.91 Å². The first-order valence-corrected chi connectivity index (χ1v) is 8.79. The van der Waals surface area contributed by atoms with Gasteiger partial charge in [0.2, 0.25) is 0 Å². The van der Waals surface area contributed by atoms with Crippen LogP contribution in [0.25, 0.3) is 10.8 Å². The summed E-state index contributed by atoms with van der Waals surface area (Å²) in [5.41, 5.74) is 7.01. The van der Waals surface area contributed by atoms with Gasteiger partial charge in [0, 0.05) is 24.2 Å². The number of alkyl halides is 1. The molecule has 4 nitrogen and oxygen atoms in total. The Morgan fingerprint density at radius 3 is 2.60 bits per heavy atom. The predicted molar refractivity (Wildman–Crippen MR) is 102 cm³/mol. The number of anilines is 1. The zero-order valence-corrected chi connectivity index (χ0v) is 14.7. The van der Waals surface area contributed by atoms with Crippen molar-refractivity contribution >= 4 is 34.0 Å². The summed E-state index contributed by atoms with van der Waals surface area (Å²) in [5, 5.41) is 2.43. The molecule has 25 heavy (non-hydrogen) atoms. The van der Waals surface area contributed by atoms with Crippen LogP contribution in [0.3, 0.4) is 0 Å². The predicted octanol–water partition coefficient (Wildman–Crippen LogP) is 2.97. The number of benzene rings is 2. The molecule has 0 atom stereocenters. The molecule has 2 aromatic carbocycles. The van der Waals surface area contributed by atoms with E-state index in [1.54, 1.807) is 12.3 Å². The van der Waals surface area contributed by atoms with Crippen molar-refractivity contribution < 1.29 is 9.36 Å². The van der Waals surface area contributed by atoms with Gasteiger partial charge in [-0.3, -0.25) is 4.79 Å². The van der Waals surface area contributed by atoms with Crippen molar-refractivity contribution in [1.82, 2.24) is 0 Å². The average molecular weight is 355 g/mol. The summed E-state index contributed by atoms with van der Waals surface area (Å²) >= 11 is 6.00. The van der Waals surface area contributed by atoms with Gasteiger partial charge in [0.1, 0.15) is 5.56 Å². The number of amides is 1. The lowest BCUT2D eigenvalue weighted by molar-refractivity contribution is -0.694. The van der Waals surface area contributed by atoms with E-state index in [-0.39, 0.29) is 0 Å². The summed E-state index contributed by atoms with van der Waals surface area (Å²) in [7, 11) is 0. The topological polar surface area (TPSA) is 50.2 Å². The smallest absolute Gasteiger partial charge is 0.254 e. The fraction of sp³-hybridized carbons (Fsp3) is 0.200. The largest absolute Gasteiger partial charge is 0.365 e. The molecule has 0 fully saturated rings. The van der Waals surface area contributed by atoms with E-state index in [1.165, 1.54) is 10.8 Å². The molecule has 0 saturated carbocycles. The van der Waals surface area contributed by atoms with Crippen LogP contribution in [0.15, 0.2) is 67.0 Å². The van der Waals surface area contributed by atoms with Gasteiger partial charge in [-0.1, -0.05) is 30.3 Å². The van der Waals surface area contributed by atoms with E-state index in [1.807, 2.05) is 29.0 Å². The maximum absolute atomic E-state index is 11.3. The molecule has 0 unspecified atom stereocenters. The van der Waals surface area contributed by atoms with E-state index in [0.717, 1.165) is 25.3 Å². The quantitative estimate of drug-likeness (QED) is 0.524. The monoisotopic (exact) mass is 354 g/mol. The lowest BCUT2D eigenvalue weighted by Gasteiger charge is -2.23. The minimum absolute atomic E-state index is 0.415. The van der Waals surface area contributed by atoms with Crippen molar-refractivity contribution in [3.63, 3.8) is 0 Å². The highest BCUT2D eigenvalue weighted by Gasteiger charge is 2.11. The molecule has 2 N–H and O–H groups in total. The number of carbonyl (C=O) groups excluding carboxylic acids is 1. The Balaban J connectivity index is 1.78. The summed E-state index contributed by atoms with van der Waals surface area (Å²) in [5.74, 6) is 0.139. The van der Waals surface area contributed by atoms with E-state index in [4.69, 9.17) is 17.3 Å². The number of nitrogens with zero attached hydrogens (tertiary/aromatic N) is 2. The number of aromatic nitrogens is 1. The zero-order valence-electron chi connectivity index (χ0n) is 13.9. The second-order valence-electron chi connectivity index (χ2n) is 5.90. The average Bonchev–Trinajstić information content (AvgIpc) is 2.65. The Kier molecular flexibility index (Phi) is 5.51. The highest BCUT2D eigenvalue weighted by atomic mass is 35.5. The van der Waals surface area contributed by atoms with Gasteiger partial charge in [-0.05, 0) is 29.0 Å². The Bertz CT molecular complexity index is 881. The first-order chi connectivity index (χ1) is 12.2. The normalized spacial score (nSPS) is 10.8. The molecule has 1 heterocycles. The molecule has 1 amide bonds. The Labute approximate surface area is 152 Å². The Hall–Kier alpha value is -2.59. The van der Waals surface area contributed by atoms with Gasteiger partial charge in [-0.25, -0.2) is 4.57 Å². The number of halogens is 1. The molecule has 0 aliphatic heterocycles. The molecular weight excluding hydrogens is 334 g/mol. The maximum atomic E-state index is 11.3. The van der Waals surface area contributed by atoms with Gasteiger partial charge in [0.15, 0.2) is 18.9 Å². The third-order valence-corrected chi connectivity index (χ3v) is 4.39. The molecule has 5 heteroatoms. The van der Waals surface area contributed by atoms with Crippen molar-refractivity contribution in [3.05, 3.63) is 72.6 Å². The van der Waals surface area contributed by atoms with Crippen LogP contribution in [-0.2, 0) is 6.54 Å². The van der Waals surface area contributed by atoms with Gasteiger partial charge in [-0.15, -0.1) is 11.6 Å². The van der Waals surface area contributed by atoms with Gasteiger partial charge in [0.25, 0.3) is 5.91 Å². The number of rotatable bonds is 7. The third kappa shape index (κ3) is 4.28. The first-order valence-electron chi connectivity index (χ1n) is 8.26. The van der Waals surface area contributed by atoms with Crippen molar-refractivity contribution in [3.8, 4) is 0 Å². The standard InChI is InChI=1S/C20H20ClN3O/c21-9-11-24(13-12-23-10-3-6-18(15-23)20(22)25)19-8-7-16-4-1-2-5-17(16)14-19/h1-8,10,14-15H,9,11-13H2,(H-,22,25)/p+1. The number of carbonyl (C=O) groups is 1. The van der Waals surface area contributed by atoms with Crippen LogP contribution in [0.2, 0.25) is 0 Å². The van der Waals surface area contributed by atoms with Crippen molar-refractivity contribution in [2.75, 3.05) is 23.9 Å². The molecule has 1 aromatic heterocycles. The van der Waals surface area contributed by atoms with E-state index >= 15 is 0 Å². The molecule has 3 rings (SSSR count). The molecule has 0 aliphatic carbocycles. The first kappa shape index (κ1) is 17.2. The fourth-order valence-corrected chi connectivity index (χ4v) is 3.09. The highest BCUT2D eigenvalue weighted by molar-refractivity contribution is 6.18. The maximum Gasteiger partial charge on any atom is 0.254 e. The van der Waals surface area contributed by atoms with Crippen LogP contribution < -0.4 is 15.2 Å². The molecule has 0 aliphatic rings. The van der Waals surface area contributed by atoms with Crippen molar-refractivity contribution in [1.29, 1.82) is 0 Å². The van der Waals surface area contributed by atoms with Crippen LogP contribution in [0, 0.1) is 0 Å². The van der Waals surface area contributed by atoms with Crippen LogP contribution in [0.1, 0.15) is 10.4 Å². The summed E-state index contributed by atoms with van der Waals surface area (Å²) in [6, 6.07) is 18.3. The summed E-state index contributed by atoms with van der Waals surface area (Å²) < 4.78 is 1.97. The van der Waals surface area contributed by atoms with Crippen LogP contribution >= 0.6 is 11.6 Å². The second kappa shape index (κ2) is 7.99. The van der Waals surface area contributed by atoms with Gasteiger partial charge in [-0.2, -0.15) is 0 Å². The number of primary amides is 1. The number of fused-ring (bicyclic) bond motifs is 1. The van der Waals surface area contributed by atoms with Crippen LogP contribution in [0.5, 0.6) is 0 Å². The zero-order chi connectivity index (χ0) is 17.6. The molecular formula is C20H21ClN3O+. The molecule has 0 radical (unpaired) electrons. The number of nitrogens with two attached hydrogens (primary N) is 1. The molecule has 3 aromatic rings. The van der Waals surface area contributed by atoms with Gasteiger partial charge < -0.3 is 10.6 Å². The van der Waals surface area contributed by atoms with E-state index in [0.29, 0.717) is 11.4 Å². The van der Waals surface area contributed by atoms with Crippen LogP contribution in [-0.4, -0.2) is 24.9 Å². The number of hydrogen-bond donors (Lipinski definition) is 1. The van der Waals surface area contributed by atoms with Crippen molar-refractivity contribution in [2.24, 2.45) is 5.73 Å².